The van der Waals surface area contributed by atoms with Crippen LogP contribution in [0.4, 0.5) is 0 Å². The summed E-state index contributed by atoms with van der Waals surface area (Å²) in [5.41, 5.74) is 1.12. The minimum atomic E-state index is -0.0469. The van der Waals surface area contributed by atoms with E-state index in [1.165, 1.54) is 0 Å². The molecule has 5 heteroatoms. The first kappa shape index (κ1) is 14.9. The van der Waals surface area contributed by atoms with E-state index in [-0.39, 0.29) is 17.9 Å². The van der Waals surface area contributed by atoms with E-state index in [0.29, 0.717) is 31.0 Å². The highest BCUT2D eigenvalue weighted by Crippen LogP contribution is 2.15. The van der Waals surface area contributed by atoms with Crippen molar-refractivity contribution in [1.82, 2.24) is 10.2 Å². The highest BCUT2D eigenvalue weighted by molar-refractivity contribution is 6.30. The summed E-state index contributed by atoms with van der Waals surface area (Å²) >= 11 is 5.94. The first-order valence-corrected chi connectivity index (χ1v) is 7.28. The third kappa shape index (κ3) is 3.97. The number of benzene rings is 1. The molecule has 0 bridgehead atoms. The fourth-order valence-corrected chi connectivity index (χ4v) is 2.58. The monoisotopic (exact) mass is 294 g/mol. The summed E-state index contributed by atoms with van der Waals surface area (Å²) in [7, 11) is 0. The molecule has 1 heterocycles. The van der Waals surface area contributed by atoms with Crippen molar-refractivity contribution in [3.8, 4) is 0 Å². The highest BCUT2D eigenvalue weighted by Gasteiger charge is 2.29. The largest absolute Gasteiger partial charge is 0.351 e. The maximum atomic E-state index is 11.9. The van der Waals surface area contributed by atoms with Crippen molar-refractivity contribution in [2.24, 2.45) is 0 Å². The lowest BCUT2D eigenvalue weighted by molar-refractivity contribution is -0.127. The van der Waals surface area contributed by atoms with Crippen molar-refractivity contribution in [2.45, 2.75) is 32.2 Å². The lowest BCUT2D eigenvalue weighted by Crippen LogP contribution is -2.37. The van der Waals surface area contributed by atoms with E-state index in [4.69, 9.17) is 11.6 Å². The Morgan fingerprint density at radius 3 is 3.00 bits per heavy atom. The summed E-state index contributed by atoms with van der Waals surface area (Å²) in [6.07, 6.45) is 1.63. The number of nitrogens with zero attached hydrogens (tertiary/aromatic N) is 1. The van der Waals surface area contributed by atoms with Gasteiger partial charge in [0.05, 0.1) is 6.04 Å². The number of carbonyl (C=O) groups excluding carboxylic acids is 2. The van der Waals surface area contributed by atoms with Crippen LogP contribution in [0.2, 0.25) is 5.02 Å². The summed E-state index contributed by atoms with van der Waals surface area (Å²) in [5, 5.41) is 3.59. The van der Waals surface area contributed by atoms with Gasteiger partial charge in [-0.05, 0) is 24.1 Å². The van der Waals surface area contributed by atoms with Crippen LogP contribution >= 0.6 is 11.6 Å². The fraction of sp³-hybridized carbons (Fsp3) is 0.467. The van der Waals surface area contributed by atoms with Gasteiger partial charge in [0.2, 0.25) is 11.8 Å². The average Bonchev–Trinajstić information content (AvgIpc) is 2.76. The van der Waals surface area contributed by atoms with E-state index < -0.39 is 0 Å². The van der Waals surface area contributed by atoms with Gasteiger partial charge < -0.3 is 10.2 Å². The zero-order valence-electron chi connectivity index (χ0n) is 11.6. The van der Waals surface area contributed by atoms with Crippen LogP contribution in [0, 0.1) is 0 Å². The van der Waals surface area contributed by atoms with Crippen LogP contribution < -0.4 is 5.32 Å². The molecule has 0 spiro atoms. The normalized spacial score (nSPS) is 18.4. The van der Waals surface area contributed by atoms with Gasteiger partial charge in [-0.25, -0.2) is 0 Å². The quantitative estimate of drug-likeness (QED) is 0.903. The van der Waals surface area contributed by atoms with Gasteiger partial charge in [-0.1, -0.05) is 30.7 Å². The van der Waals surface area contributed by atoms with Gasteiger partial charge in [-0.3, -0.25) is 9.59 Å². The number of nitrogens with one attached hydrogen (secondary N) is 1. The summed E-state index contributed by atoms with van der Waals surface area (Å²) in [6.45, 7) is 3.08. The molecule has 1 aromatic rings. The van der Waals surface area contributed by atoms with Gasteiger partial charge in [0.1, 0.15) is 0 Å². The lowest BCUT2D eigenvalue weighted by Gasteiger charge is -2.17. The molecule has 0 aliphatic carbocycles. The van der Waals surface area contributed by atoms with Crippen LogP contribution in [0.1, 0.15) is 25.3 Å². The van der Waals surface area contributed by atoms with Crippen molar-refractivity contribution >= 4 is 23.4 Å². The second-order valence-corrected chi connectivity index (χ2v) is 5.48. The molecule has 1 aliphatic heterocycles. The second kappa shape index (κ2) is 6.75. The number of hydrogen-bond acceptors (Lipinski definition) is 2. The van der Waals surface area contributed by atoms with Crippen LogP contribution in [-0.4, -0.2) is 35.8 Å². The SMILES string of the molecule is CCC(=O)N[C@@H]1CC(=O)N(CCc2cccc(Cl)c2)C1. The average molecular weight is 295 g/mol. The number of likely N-dealkylation sites (tertiary alicyclic amines) is 1. The Balaban J connectivity index is 1.84. The number of halogens is 1. The topological polar surface area (TPSA) is 49.4 Å². The van der Waals surface area contributed by atoms with Crippen molar-refractivity contribution in [3.05, 3.63) is 34.9 Å². The minimum absolute atomic E-state index is 0.000471. The Bertz CT molecular complexity index is 504. The molecule has 1 aliphatic rings. The first-order valence-electron chi connectivity index (χ1n) is 6.90. The number of carbonyl (C=O) groups is 2. The summed E-state index contributed by atoms with van der Waals surface area (Å²) < 4.78 is 0. The molecule has 1 saturated heterocycles. The third-order valence-corrected chi connectivity index (χ3v) is 3.70. The molecule has 0 aromatic heterocycles. The molecule has 4 nitrogen and oxygen atoms in total. The van der Waals surface area contributed by atoms with Crippen LogP contribution in [0.25, 0.3) is 0 Å². The molecule has 20 heavy (non-hydrogen) atoms. The Morgan fingerprint density at radius 1 is 1.50 bits per heavy atom. The number of hydrogen-bond donors (Lipinski definition) is 1. The Kier molecular flexibility index (Phi) is 5.01. The zero-order valence-corrected chi connectivity index (χ0v) is 12.3. The zero-order chi connectivity index (χ0) is 14.5. The van der Waals surface area contributed by atoms with Crippen LogP contribution in [0.3, 0.4) is 0 Å². The maximum absolute atomic E-state index is 11.9. The molecule has 1 atom stereocenters. The molecule has 0 saturated carbocycles. The summed E-state index contributed by atoms with van der Waals surface area (Å²) in [4.78, 5) is 25.0. The Labute approximate surface area is 124 Å². The fourth-order valence-electron chi connectivity index (χ4n) is 2.37. The van der Waals surface area contributed by atoms with Gasteiger partial charge in [0.15, 0.2) is 0 Å². The predicted molar refractivity (Wildman–Crippen MR) is 78.6 cm³/mol. The highest BCUT2D eigenvalue weighted by atomic mass is 35.5. The molecule has 0 radical (unpaired) electrons. The van der Waals surface area contributed by atoms with E-state index in [9.17, 15) is 9.59 Å². The molecule has 0 unspecified atom stereocenters. The van der Waals surface area contributed by atoms with Crippen molar-refractivity contribution in [1.29, 1.82) is 0 Å². The predicted octanol–water partition coefficient (Wildman–Crippen LogP) is 2.01. The number of amides is 2. The third-order valence-electron chi connectivity index (χ3n) is 3.46. The van der Waals surface area contributed by atoms with Crippen LogP contribution in [-0.2, 0) is 16.0 Å². The first-order chi connectivity index (χ1) is 9.58. The van der Waals surface area contributed by atoms with E-state index in [1.54, 1.807) is 0 Å². The molecule has 2 rings (SSSR count). The molecule has 2 amide bonds. The van der Waals surface area contributed by atoms with E-state index in [1.807, 2.05) is 36.1 Å². The minimum Gasteiger partial charge on any atom is -0.351 e. The lowest BCUT2D eigenvalue weighted by atomic mass is 10.1. The van der Waals surface area contributed by atoms with Gasteiger partial charge in [-0.15, -0.1) is 0 Å². The Morgan fingerprint density at radius 2 is 2.30 bits per heavy atom. The molecule has 1 N–H and O–H groups in total. The summed E-state index contributed by atoms with van der Waals surface area (Å²) in [5.74, 6) is 0.105. The van der Waals surface area contributed by atoms with Gasteiger partial charge in [-0.2, -0.15) is 0 Å². The molecular formula is C15H19ClN2O2. The smallest absolute Gasteiger partial charge is 0.224 e. The standard InChI is InChI=1S/C15H19ClN2O2/c1-2-14(19)17-13-9-15(20)18(10-13)7-6-11-4-3-5-12(16)8-11/h3-5,8,13H,2,6-7,9-10H2,1H3,(H,17,19)/t13-/m1/s1. The van der Waals surface area contributed by atoms with Crippen molar-refractivity contribution in [2.75, 3.05) is 13.1 Å². The second-order valence-electron chi connectivity index (χ2n) is 5.04. The maximum Gasteiger partial charge on any atom is 0.224 e. The molecule has 1 aromatic carbocycles. The van der Waals surface area contributed by atoms with Crippen molar-refractivity contribution in [3.63, 3.8) is 0 Å². The van der Waals surface area contributed by atoms with Gasteiger partial charge >= 0.3 is 0 Å². The molecule has 1 fully saturated rings. The van der Waals surface area contributed by atoms with Gasteiger partial charge in [0.25, 0.3) is 0 Å². The number of rotatable bonds is 5. The van der Waals surface area contributed by atoms with E-state index in [2.05, 4.69) is 5.32 Å². The molecule has 108 valence electrons. The van der Waals surface area contributed by atoms with Gasteiger partial charge in [0, 0.05) is 31.0 Å². The van der Waals surface area contributed by atoms with Crippen LogP contribution in [0.15, 0.2) is 24.3 Å². The van der Waals surface area contributed by atoms with Crippen LogP contribution in [0.5, 0.6) is 0 Å². The van der Waals surface area contributed by atoms with Crippen molar-refractivity contribution < 1.29 is 9.59 Å². The molecular weight excluding hydrogens is 276 g/mol. The summed E-state index contributed by atoms with van der Waals surface area (Å²) in [6, 6.07) is 7.62. The van der Waals surface area contributed by atoms with E-state index >= 15 is 0 Å². The Hall–Kier alpha value is -1.55. The van der Waals surface area contributed by atoms with E-state index in [0.717, 1.165) is 12.0 Å².